The maximum atomic E-state index is 5.19. The van der Waals surface area contributed by atoms with Crippen molar-refractivity contribution in [1.29, 1.82) is 0 Å². The van der Waals surface area contributed by atoms with Crippen LogP contribution >= 0.6 is 0 Å². The van der Waals surface area contributed by atoms with E-state index in [1.54, 1.807) is 0 Å². The average Bonchev–Trinajstić information content (AvgIpc) is 3.82. The number of hydrogen-bond donors (Lipinski definition) is 0. The van der Waals surface area contributed by atoms with Crippen LogP contribution in [0.25, 0.3) is 67.3 Å². The number of rotatable bonds is 4. The smallest absolute Gasteiger partial charge is 0.160 e. The Morgan fingerprint density at radius 3 is 1.13 bits per heavy atom. The van der Waals surface area contributed by atoms with Crippen molar-refractivity contribution in [3.05, 3.63) is 275 Å². The van der Waals surface area contributed by atoms with E-state index in [9.17, 15) is 0 Å². The predicted molar refractivity (Wildman–Crippen MR) is 252 cm³/mol. The van der Waals surface area contributed by atoms with Crippen molar-refractivity contribution in [2.45, 2.75) is 10.8 Å². The zero-order valence-electron chi connectivity index (χ0n) is 33.8. The second-order valence-electron chi connectivity index (χ2n) is 16.8. The van der Waals surface area contributed by atoms with Gasteiger partial charge < -0.3 is 0 Å². The standard InChI is InChI=1S/C60H38N2/c1-3-18-39(19-4-1)56-38-57(62-58(61-56)40-20-5-2-6-21-40)43-23-17-22-41(36-43)42-34-35-47-46-26-9-12-29-50(46)60(55(47)37-42)53-32-15-13-30-51(53)59(52-31-14-16-33-54(52)60)48-27-10-7-24-44(48)45-25-8-11-28-49(45)59/h1-38H. The molecule has 0 atom stereocenters. The molecule has 2 heteroatoms. The number of hydrogen-bond acceptors (Lipinski definition) is 2. The molecule has 0 bridgehead atoms. The molecule has 62 heavy (non-hydrogen) atoms. The highest BCUT2D eigenvalue weighted by molar-refractivity contribution is 5.94. The van der Waals surface area contributed by atoms with E-state index in [1.165, 1.54) is 72.3 Å². The Hall–Kier alpha value is -7.94. The molecule has 10 aromatic rings. The first-order valence-electron chi connectivity index (χ1n) is 21.5. The van der Waals surface area contributed by atoms with Gasteiger partial charge in [-0.05, 0) is 96.1 Å². The zero-order chi connectivity index (χ0) is 40.8. The van der Waals surface area contributed by atoms with Gasteiger partial charge in [0.2, 0.25) is 0 Å². The van der Waals surface area contributed by atoms with E-state index in [-0.39, 0.29) is 0 Å². The highest BCUT2D eigenvalue weighted by Gasteiger charge is 2.58. The van der Waals surface area contributed by atoms with Gasteiger partial charge in [0.05, 0.1) is 22.2 Å². The highest BCUT2D eigenvalue weighted by atomic mass is 14.9. The molecule has 1 heterocycles. The Balaban J connectivity index is 1.04. The number of aromatic nitrogens is 2. The molecule has 0 radical (unpaired) electrons. The Bertz CT molecular complexity index is 3270. The number of benzene rings is 9. The van der Waals surface area contributed by atoms with Gasteiger partial charge >= 0.3 is 0 Å². The number of fused-ring (bicyclic) bond motifs is 16. The molecule has 2 nitrogen and oxygen atoms in total. The molecule has 2 spiro atoms. The fourth-order valence-electron chi connectivity index (χ4n) is 11.3. The Kier molecular flexibility index (Phi) is 7.47. The van der Waals surface area contributed by atoms with Gasteiger partial charge in [-0.1, -0.05) is 212 Å². The normalized spacial score (nSPS) is 14.1. The third-order valence-corrected chi connectivity index (χ3v) is 13.8. The van der Waals surface area contributed by atoms with Gasteiger partial charge in [0.1, 0.15) is 0 Å². The molecule has 0 aliphatic heterocycles. The lowest BCUT2D eigenvalue weighted by molar-refractivity contribution is 0.633. The summed E-state index contributed by atoms with van der Waals surface area (Å²) in [5.74, 6) is 0.713. The molecule has 0 saturated carbocycles. The van der Waals surface area contributed by atoms with Gasteiger partial charge in [0.15, 0.2) is 5.82 Å². The molecular formula is C60H38N2. The monoisotopic (exact) mass is 786 g/mol. The van der Waals surface area contributed by atoms with E-state index in [0.29, 0.717) is 5.82 Å². The van der Waals surface area contributed by atoms with Crippen LogP contribution in [-0.4, -0.2) is 9.97 Å². The van der Waals surface area contributed by atoms with Crippen molar-refractivity contribution in [2.24, 2.45) is 0 Å². The minimum atomic E-state index is -0.549. The van der Waals surface area contributed by atoms with Crippen LogP contribution in [0.2, 0.25) is 0 Å². The van der Waals surface area contributed by atoms with Crippen molar-refractivity contribution < 1.29 is 0 Å². The van der Waals surface area contributed by atoms with E-state index >= 15 is 0 Å². The molecule has 0 fully saturated rings. The zero-order valence-corrected chi connectivity index (χ0v) is 33.8. The van der Waals surface area contributed by atoms with Gasteiger partial charge in [0, 0.05) is 16.7 Å². The minimum absolute atomic E-state index is 0.468. The summed E-state index contributed by atoms with van der Waals surface area (Å²) in [6, 6.07) is 84.8. The first-order chi connectivity index (χ1) is 30.7. The first-order valence-corrected chi connectivity index (χ1v) is 21.5. The van der Waals surface area contributed by atoms with Crippen molar-refractivity contribution in [1.82, 2.24) is 9.97 Å². The molecule has 3 aliphatic carbocycles. The maximum absolute atomic E-state index is 5.19. The Morgan fingerprint density at radius 2 is 0.597 bits per heavy atom. The quantitative estimate of drug-likeness (QED) is 0.178. The molecular weight excluding hydrogens is 749 g/mol. The van der Waals surface area contributed by atoms with Crippen LogP contribution in [-0.2, 0) is 10.8 Å². The van der Waals surface area contributed by atoms with Gasteiger partial charge in [-0.25, -0.2) is 9.97 Å². The molecule has 0 N–H and O–H groups in total. The third-order valence-electron chi connectivity index (χ3n) is 13.8. The minimum Gasteiger partial charge on any atom is -0.228 e. The third kappa shape index (κ3) is 4.69. The summed E-state index contributed by atoms with van der Waals surface area (Å²) in [6.45, 7) is 0. The van der Waals surface area contributed by atoms with Gasteiger partial charge in [-0.3, -0.25) is 0 Å². The summed E-state index contributed by atoms with van der Waals surface area (Å²) in [6.07, 6.45) is 0. The fourth-order valence-corrected chi connectivity index (χ4v) is 11.3. The van der Waals surface area contributed by atoms with Crippen LogP contribution in [0.15, 0.2) is 231 Å². The van der Waals surface area contributed by atoms with E-state index < -0.39 is 10.8 Å². The van der Waals surface area contributed by atoms with Gasteiger partial charge in [0.25, 0.3) is 0 Å². The SMILES string of the molecule is c1ccc(-c2cc(-c3cccc(-c4ccc5c(c4)C4(c6ccccc6-5)c5ccccc5C5(c6ccccc6-c6ccccc65)c5ccccc54)c3)nc(-c3ccccc3)n2)cc1. The summed E-state index contributed by atoms with van der Waals surface area (Å²) in [5.41, 5.74) is 22.1. The van der Waals surface area contributed by atoms with E-state index in [2.05, 4.69) is 206 Å². The van der Waals surface area contributed by atoms with Crippen molar-refractivity contribution >= 4 is 0 Å². The summed E-state index contributed by atoms with van der Waals surface area (Å²) < 4.78 is 0. The molecule has 13 rings (SSSR count). The topological polar surface area (TPSA) is 25.8 Å². The second kappa shape index (κ2) is 13.3. The van der Waals surface area contributed by atoms with Gasteiger partial charge in [-0.2, -0.15) is 0 Å². The maximum Gasteiger partial charge on any atom is 0.160 e. The van der Waals surface area contributed by atoms with Crippen molar-refractivity contribution in [3.8, 4) is 67.3 Å². The van der Waals surface area contributed by atoms with Crippen LogP contribution in [0.1, 0.15) is 44.5 Å². The lowest BCUT2D eigenvalue weighted by Crippen LogP contribution is -2.43. The molecule has 0 unspecified atom stereocenters. The fraction of sp³-hybridized carbons (Fsp3) is 0.0333. The lowest BCUT2D eigenvalue weighted by Gasteiger charge is -2.48. The van der Waals surface area contributed by atoms with Crippen molar-refractivity contribution in [2.75, 3.05) is 0 Å². The molecule has 0 amide bonds. The van der Waals surface area contributed by atoms with E-state index in [0.717, 1.165) is 33.6 Å². The van der Waals surface area contributed by atoms with Crippen LogP contribution in [0.3, 0.4) is 0 Å². The van der Waals surface area contributed by atoms with E-state index in [4.69, 9.17) is 9.97 Å². The largest absolute Gasteiger partial charge is 0.228 e. The molecule has 9 aromatic carbocycles. The summed E-state index contributed by atoms with van der Waals surface area (Å²) in [5, 5.41) is 0. The molecule has 288 valence electrons. The first kappa shape index (κ1) is 34.9. The van der Waals surface area contributed by atoms with Crippen molar-refractivity contribution in [3.63, 3.8) is 0 Å². The van der Waals surface area contributed by atoms with Crippen LogP contribution in [0, 0.1) is 0 Å². The summed E-state index contributed by atoms with van der Waals surface area (Å²) in [4.78, 5) is 10.3. The lowest BCUT2D eigenvalue weighted by atomic mass is 9.52. The van der Waals surface area contributed by atoms with Crippen LogP contribution in [0.5, 0.6) is 0 Å². The Morgan fingerprint density at radius 1 is 0.226 bits per heavy atom. The van der Waals surface area contributed by atoms with Gasteiger partial charge in [-0.15, -0.1) is 0 Å². The number of nitrogens with zero attached hydrogens (tertiary/aromatic N) is 2. The Labute approximate surface area is 361 Å². The summed E-state index contributed by atoms with van der Waals surface area (Å²) >= 11 is 0. The highest BCUT2D eigenvalue weighted by Crippen LogP contribution is 2.67. The van der Waals surface area contributed by atoms with Crippen LogP contribution < -0.4 is 0 Å². The van der Waals surface area contributed by atoms with E-state index in [1.807, 2.05) is 24.3 Å². The molecule has 1 aromatic heterocycles. The van der Waals surface area contributed by atoms with Crippen LogP contribution in [0.4, 0.5) is 0 Å². The molecule has 0 saturated heterocycles. The predicted octanol–water partition coefficient (Wildman–Crippen LogP) is 14.2. The second-order valence-corrected chi connectivity index (χ2v) is 16.8. The summed E-state index contributed by atoms with van der Waals surface area (Å²) in [7, 11) is 0. The molecule has 3 aliphatic rings. The average molecular weight is 787 g/mol.